The lowest BCUT2D eigenvalue weighted by Gasteiger charge is -2.25. The van der Waals surface area contributed by atoms with Gasteiger partial charge < -0.3 is 10.2 Å². The molecule has 1 aromatic carbocycles. The second-order valence-electron chi connectivity index (χ2n) is 6.47. The molecule has 4 rings (SSSR count). The van der Waals surface area contributed by atoms with Crippen molar-refractivity contribution in [3.63, 3.8) is 0 Å². The summed E-state index contributed by atoms with van der Waals surface area (Å²) in [6.45, 7) is 2.60. The summed E-state index contributed by atoms with van der Waals surface area (Å²) in [5, 5.41) is 2.97. The van der Waals surface area contributed by atoms with Gasteiger partial charge >= 0.3 is 0 Å². The fourth-order valence-electron chi connectivity index (χ4n) is 3.43. The van der Waals surface area contributed by atoms with E-state index in [2.05, 4.69) is 45.3 Å². The zero-order chi connectivity index (χ0) is 17.9. The Morgan fingerprint density at radius 1 is 1.15 bits per heavy atom. The lowest BCUT2D eigenvalue weighted by atomic mass is 10.1. The number of fused-ring (bicyclic) bond motifs is 1. The van der Waals surface area contributed by atoms with Gasteiger partial charge in [0.2, 0.25) is 0 Å². The molecule has 0 aliphatic carbocycles. The maximum Gasteiger partial charge on any atom is 0.255 e. The third kappa shape index (κ3) is 3.04. The highest BCUT2D eigenvalue weighted by Gasteiger charge is 2.30. The normalized spacial score (nSPS) is 15.6. The molecule has 5 heteroatoms. The van der Waals surface area contributed by atoms with Crippen molar-refractivity contribution in [3.05, 3.63) is 83.8 Å². The number of pyridine rings is 2. The number of aromatic nitrogens is 2. The predicted octanol–water partition coefficient (Wildman–Crippen LogP) is 3.49. The summed E-state index contributed by atoms with van der Waals surface area (Å²) in [6.07, 6.45) is 6.16. The number of nitrogens with zero attached hydrogens (tertiary/aromatic N) is 3. The number of hydrogen-bond acceptors (Lipinski definition) is 4. The van der Waals surface area contributed by atoms with Crippen molar-refractivity contribution < 1.29 is 4.79 Å². The molecule has 1 aliphatic rings. The van der Waals surface area contributed by atoms with Crippen molar-refractivity contribution in [2.45, 2.75) is 25.9 Å². The van der Waals surface area contributed by atoms with Gasteiger partial charge in [-0.3, -0.25) is 9.78 Å². The van der Waals surface area contributed by atoms with Crippen LogP contribution in [0.3, 0.4) is 0 Å². The molecule has 130 valence electrons. The monoisotopic (exact) mass is 344 g/mol. The zero-order valence-corrected chi connectivity index (χ0v) is 14.6. The zero-order valence-electron chi connectivity index (χ0n) is 14.6. The summed E-state index contributed by atoms with van der Waals surface area (Å²) in [4.78, 5) is 23.6. The second kappa shape index (κ2) is 6.96. The van der Waals surface area contributed by atoms with Crippen molar-refractivity contribution in [2.24, 2.45) is 0 Å². The largest absolute Gasteiger partial charge is 0.348 e. The second-order valence-corrected chi connectivity index (χ2v) is 6.47. The number of carbonyl (C=O) groups excluding carboxylic acids is 1. The average Bonchev–Trinajstić information content (AvgIpc) is 3.02. The van der Waals surface area contributed by atoms with Crippen molar-refractivity contribution >= 4 is 17.4 Å². The quantitative estimate of drug-likeness (QED) is 0.787. The number of amides is 1. The summed E-state index contributed by atoms with van der Waals surface area (Å²) in [5.41, 5.74) is 3.96. The maximum atomic E-state index is 12.8. The van der Waals surface area contributed by atoms with Gasteiger partial charge in [-0.1, -0.05) is 24.3 Å². The number of carbonyl (C=O) groups is 1. The molecule has 1 N–H and O–H groups in total. The van der Waals surface area contributed by atoms with E-state index in [0.717, 1.165) is 17.7 Å². The van der Waals surface area contributed by atoms with Crippen LogP contribution in [0.25, 0.3) is 0 Å². The number of rotatable bonds is 4. The highest BCUT2D eigenvalue weighted by Crippen LogP contribution is 2.38. The van der Waals surface area contributed by atoms with E-state index in [-0.39, 0.29) is 11.9 Å². The minimum Gasteiger partial charge on any atom is -0.348 e. The average molecular weight is 344 g/mol. The lowest BCUT2D eigenvalue weighted by Crippen LogP contribution is -2.30. The standard InChI is InChI=1S/C21H20N4O/c1-15-12-17-7-2-3-9-19(17)25(15)20-18(8-5-11-23-20)21(26)24-14-16-6-4-10-22-13-16/h2-11,13,15H,12,14H2,1H3,(H,24,26). The molecule has 1 atom stereocenters. The van der Waals surface area contributed by atoms with Crippen LogP contribution in [0, 0.1) is 0 Å². The van der Waals surface area contributed by atoms with E-state index in [9.17, 15) is 4.79 Å². The molecule has 0 spiro atoms. The highest BCUT2D eigenvalue weighted by molar-refractivity contribution is 6.00. The van der Waals surface area contributed by atoms with Crippen molar-refractivity contribution in [1.29, 1.82) is 0 Å². The van der Waals surface area contributed by atoms with Crippen LogP contribution in [0.4, 0.5) is 11.5 Å². The molecular weight excluding hydrogens is 324 g/mol. The van der Waals surface area contributed by atoms with Gasteiger partial charge in [-0.15, -0.1) is 0 Å². The fourth-order valence-corrected chi connectivity index (χ4v) is 3.43. The van der Waals surface area contributed by atoms with Crippen LogP contribution in [0.2, 0.25) is 0 Å². The van der Waals surface area contributed by atoms with E-state index < -0.39 is 0 Å². The molecule has 1 aliphatic heterocycles. The first-order valence-corrected chi connectivity index (χ1v) is 8.73. The van der Waals surface area contributed by atoms with Gasteiger partial charge in [0.15, 0.2) is 0 Å². The van der Waals surface area contributed by atoms with Crippen LogP contribution < -0.4 is 10.2 Å². The molecule has 1 amide bonds. The van der Waals surface area contributed by atoms with Crippen LogP contribution in [-0.2, 0) is 13.0 Å². The van der Waals surface area contributed by atoms with Crippen molar-refractivity contribution in [2.75, 3.05) is 4.90 Å². The van der Waals surface area contributed by atoms with E-state index in [4.69, 9.17) is 0 Å². The fraction of sp³-hybridized carbons (Fsp3) is 0.190. The maximum absolute atomic E-state index is 12.8. The third-order valence-corrected chi connectivity index (χ3v) is 4.64. The summed E-state index contributed by atoms with van der Waals surface area (Å²) < 4.78 is 0. The van der Waals surface area contributed by atoms with Gasteiger partial charge in [0.05, 0.1) is 5.56 Å². The summed E-state index contributed by atoms with van der Waals surface area (Å²) in [7, 11) is 0. The van der Waals surface area contributed by atoms with E-state index in [1.807, 2.05) is 24.3 Å². The number of hydrogen-bond donors (Lipinski definition) is 1. The van der Waals surface area contributed by atoms with E-state index in [0.29, 0.717) is 17.9 Å². The topological polar surface area (TPSA) is 58.1 Å². The Hall–Kier alpha value is -3.21. The Kier molecular flexibility index (Phi) is 4.35. The van der Waals surface area contributed by atoms with Gasteiger partial charge in [-0.2, -0.15) is 0 Å². The molecule has 1 unspecified atom stereocenters. The van der Waals surface area contributed by atoms with Crippen molar-refractivity contribution in [1.82, 2.24) is 15.3 Å². The van der Waals surface area contributed by atoms with Crippen LogP contribution in [0.5, 0.6) is 0 Å². The Balaban J connectivity index is 1.62. The van der Waals surface area contributed by atoms with Crippen LogP contribution >= 0.6 is 0 Å². The smallest absolute Gasteiger partial charge is 0.255 e. The molecule has 5 nitrogen and oxygen atoms in total. The van der Waals surface area contributed by atoms with Gasteiger partial charge in [0.25, 0.3) is 5.91 Å². The molecule has 0 saturated carbocycles. The number of para-hydroxylation sites is 1. The Labute approximate surface area is 152 Å². The summed E-state index contributed by atoms with van der Waals surface area (Å²) in [5.74, 6) is 0.571. The Bertz CT molecular complexity index is 926. The SMILES string of the molecule is CC1Cc2ccccc2N1c1ncccc1C(=O)NCc1cccnc1. The molecule has 3 heterocycles. The Morgan fingerprint density at radius 3 is 2.85 bits per heavy atom. The third-order valence-electron chi connectivity index (χ3n) is 4.64. The predicted molar refractivity (Wildman–Crippen MR) is 101 cm³/mol. The van der Waals surface area contributed by atoms with Gasteiger partial charge in [-0.25, -0.2) is 4.98 Å². The van der Waals surface area contributed by atoms with Crippen molar-refractivity contribution in [3.8, 4) is 0 Å². The first-order valence-electron chi connectivity index (χ1n) is 8.73. The van der Waals surface area contributed by atoms with Gasteiger partial charge in [0, 0.05) is 36.9 Å². The first-order chi connectivity index (χ1) is 12.7. The molecule has 2 aromatic heterocycles. The van der Waals surface area contributed by atoms with E-state index >= 15 is 0 Å². The molecule has 3 aromatic rings. The van der Waals surface area contributed by atoms with Crippen LogP contribution in [-0.4, -0.2) is 21.9 Å². The molecule has 0 radical (unpaired) electrons. The molecular formula is C21H20N4O. The van der Waals surface area contributed by atoms with E-state index in [1.54, 1.807) is 24.7 Å². The molecule has 0 fully saturated rings. The van der Waals surface area contributed by atoms with Crippen LogP contribution in [0.1, 0.15) is 28.4 Å². The first kappa shape index (κ1) is 16.3. The minimum absolute atomic E-state index is 0.131. The Morgan fingerprint density at radius 2 is 2.00 bits per heavy atom. The summed E-state index contributed by atoms with van der Waals surface area (Å²) >= 11 is 0. The van der Waals surface area contributed by atoms with Gasteiger partial charge in [0.1, 0.15) is 5.82 Å². The van der Waals surface area contributed by atoms with E-state index in [1.165, 1.54) is 5.56 Å². The molecule has 0 bridgehead atoms. The number of benzene rings is 1. The highest BCUT2D eigenvalue weighted by atomic mass is 16.1. The lowest BCUT2D eigenvalue weighted by molar-refractivity contribution is 0.0951. The van der Waals surface area contributed by atoms with Crippen LogP contribution in [0.15, 0.2) is 67.1 Å². The minimum atomic E-state index is -0.131. The molecule has 26 heavy (non-hydrogen) atoms. The number of nitrogens with one attached hydrogen (secondary N) is 1. The number of anilines is 2. The van der Waals surface area contributed by atoms with Gasteiger partial charge in [-0.05, 0) is 48.7 Å². The summed E-state index contributed by atoms with van der Waals surface area (Å²) in [6, 6.07) is 16.0. The molecule has 0 saturated heterocycles.